The molecule has 33 heavy (non-hydrogen) atoms. The first-order valence-electron chi connectivity index (χ1n) is 10.9. The van der Waals surface area contributed by atoms with Crippen molar-refractivity contribution in [2.24, 2.45) is 0 Å². The van der Waals surface area contributed by atoms with Crippen molar-refractivity contribution >= 4 is 29.0 Å². The number of hydrogen-bond acceptors (Lipinski definition) is 5. The molecular formula is C26H27N5OS. The summed E-state index contributed by atoms with van der Waals surface area (Å²) in [5.41, 5.74) is 5.15. The number of nitrogens with one attached hydrogen (secondary N) is 2. The van der Waals surface area contributed by atoms with Gasteiger partial charge in [0.2, 0.25) is 5.91 Å². The highest BCUT2D eigenvalue weighted by molar-refractivity contribution is 7.99. The van der Waals surface area contributed by atoms with Crippen LogP contribution in [0.25, 0.3) is 5.69 Å². The first kappa shape index (κ1) is 22.6. The van der Waals surface area contributed by atoms with Crippen LogP contribution in [0.3, 0.4) is 0 Å². The lowest BCUT2D eigenvalue weighted by Gasteiger charge is -2.12. The number of para-hydroxylation sites is 3. The molecule has 168 valence electrons. The zero-order chi connectivity index (χ0) is 23.0. The normalized spacial score (nSPS) is 10.7. The molecule has 6 nitrogen and oxygen atoms in total. The zero-order valence-electron chi connectivity index (χ0n) is 18.8. The highest BCUT2D eigenvalue weighted by atomic mass is 32.2. The fourth-order valence-electron chi connectivity index (χ4n) is 3.45. The van der Waals surface area contributed by atoms with E-state index in [9.17, 15) is 4.79 Å². The van der Waals surface area contributed by atoms with Gasteiger partial charge in [0.25, 0.3) is 0 Å². The Balaban J connectivity index is 1.44. The van der Waals surface area contributed by atoms with Gasteiger partial charge in [0.1, 0.15) is 0 Å². The molecule has 1 amide bonds. The molecule has 1 aromatic heterocycles. The van der Waals surface area contributed by atoms with Crippen molar-refractivity contribution in [3.05, 3.63) is 95.8 Å². The fraction of sp³-hybridized carbons (Fsp3) is 0.192. The molecule has 0 unspecified atom stereocenters. The first-order chi connectivity index (χ1) is 16.1. The van der Waals surface area contributed by atoms with Crippen LogP contribution >= 0.6 is 11.8 Å². The number of hydrogen-bond donors (Lipinski definition) is 2. The number of amides is 1. The quantitative estimate of drug-likeness (QED) is 0.319. The smallest absolute Gasteiger partial charge is 0.225 e. The van der Waals surface area contributed by atoms with Gasteiger partial charge in [0.15, 0.2) is 11.0 Å². The largest absolute Gasteiger partial charge is 0.378 e. The summed E-state index contributed by atoms with van der Waals surface area (Å²) in [6.07, 6.45) is 0.386. The maximum atomic E-state index is 12.4. The SMILES string of the molecule is Cc1ccccc1NCc1nnc(SCCC(=O)Nc2ccccc2C)n1-c1ccccc1. The van der Waals surface area contributed by atoms with Gasteiger partial charge in [-0.25, -0.2) is 0 Å². The Labute approximate surface area is 198 Å². The number of nitrogens with zero attached hydrogens (tertiary/aromatic N) is 3. The highest BCUT2D eigenvalue weighted by Crippen LogP contribution is 2.24. The van der Waals surface area contributed by atoms with Crippen molar-refractivity contribution in [2.45, 2.75) is 32.0 Å². The third-order valence-electron chi connectivity index (χ3n) is 5.28. The highest BCUT2D eigenvalue weighted by Gasteiger charge is 2.15. The number of benzene rings is 3. The summed E-state index contributed by atoms with van der Waals surface area (Å²) < 4.78 is 2.05. The Kier molecular flexibility index (Phi) is 7.42. The second kappa shape index (κ2) is 10.8. The lowest BCUT2D eigenvalue weighted by atomic mass is 10.2. The molecule has 7 heteroatoms. The summed E-state index contributed by atoms with van der Waals surface area (Å²) in [5.74, 6) is 1.41. The van der Waals surface area contributed by atoms with Crippen molar-refractivity contribution < 1.29 is 4.79 Å². The van der Waals surface area contributed by atoms with Crippen LogP contribution in [0.5, 0.6) is 0 Å². The number of anilines is 2. The molecule has 0 bridgehead atoms. The molecule has 0 fully saturated rings. The van der Waals surface area contributed by atoms with Gasteiger partial charge >= 0.3 is 0 Å². The van der Waals surface area contributed by atoms with E-state index >= 15 is 0 Å². The maximum Gasteiger partial charge on any atom is 0.225 e. The Morgan fingerprint density at radius 2 is 1.48 bits per heavy atom. The van der Waals surface area contributed by atoms with E-state index in [0.717, 1.165) is 33.6 Å². The summed E-state index contributed by atoms with van der Waals surface area (Å²) >= 11 is 1.53. The molecule has 4 rings (SSSR count). The van der Waals surface area contributed by atoms with Crippen molar-refractivity contribution in [1.29, 1.82) is 0 Å². The van der Waals surface area contributed by atoms with Crippen LogP contribution in [0, 0.1) is 13.8 Å². The van der Waals surface area contributed by atoms with E-state index in [-0.39, 0.29) is 5.91 Å². The fourth-order valence-corrected chi connectivity index (χ4v) is 4.36. The molecule has 4 aromatic rings. The van der Waals surface area contributed by atoms with E-state index in [1.165, 1.54) is 17.3 Å². The van der Waals surface area contributed by atoms with Gasteiger partial charge in [0.05, 0.1) is 6.54 Å². The second-order valence-electron chi connectivity index (χ2n) is 7.70. The minimum atomic E-state index is -0.0102. The molecular weight excluding hydrogens is 430 g/mol. The number of carbonyl (C=O) groups is 1. The van der Waals surface area contributed by atoms with Crippen molar-refractivity contribution in [3.8, 4) is 5.69 Å². The van der Waals surface area contributed by atoms with Crippen molar-refractivity contribution in [2.75, 3.05) is 16.4 Å². The molecule has 0 aliphatic carbocycles. The zero-order valence-corrected chi connectivity index (χ0v) is 19.6. The number of carbonyl (C=O) groups excluding carboxylic acids is 1. The second-order valence-corrected chi connectivity index (χ2v) is 8.76. The van der Waals surface area contributed by atoms with Crippen LogP contribution < -0.4 is 10.6 Å². The van der Waals surface area contributed by atoms with E-state index in [1.807, 2.05) is 73.7 Å². The average molecular weight is 458 g/mol. The van der Waals surface area contributed by atoms with Crippen LogP contribution in [0.1, 0.15) is 23.4 Å². The topological polar surface area (TPSA) is 71.8 Å². The molecule has 0 aliphatic heterocycles. The lowest BCUT2D eigenvalue weighted by molar-refractivity contribution is -0.115. The number of thioether (sulfide) groups is 1. The summed E-state index contributed by atoms with van der Waals surface area (Å²) in [5, 5.41) is 16.1. The third kappa shape index (κ3) is 5.81. The molecule has 0 radical (unpaired) electrons. The molecule has 0 spiro atoms. The van der Waals surface area contributed by atoms with Gasteiger partial charge in [0, 0.05) is 29.2 Å². The molecule has 2 N–H and O–H groups in total. The average Bonchev–Trinajstić information content (AvgIpc) is 3.23. The molecule has 3 aromatic carbocycles. The summed E-state index contributed by atoms with van der Waals surface area (Å²) in [6, 6.07) is 26.0. The predicted octanol–water partition coefficient (Wildman–Crippen LogP) is 5.62. The molecule has 0 atom stereocenters. The van der Waals surface area contributed by atoms with E-state index in [1.54, 1.807) is 0 Å². The Hall–Kier alpha value is -3.58. The van der Waals surface area contributed by atoms with E-state index in [2.05, 4.69) is 44.5 Å². The van der Waals surface area contributed by atoms with Crippen LogP contribution in [0.15, 0.2) is 84.0 Å². The minimum absolute atomic E-state index is 0.0102. The monoisotopic (exact) mass is 457 g/mol. The standard InChI is InChI=1S/C26H27N5OS/c1-19-10-6-8-14-22(19)27-18-24-29-30-26(31(24)21-12-4-3-5-13-21)33-17-16-25(32)28-23-15-9-7-11-20(23)2/h3-15,27H,16-18H2,1-2H3,(H,28,32). The maximum absolute atomic E-state index is 12.4. The van der Waals surface area contributed by atoms with Crippen LogP contribution in [0.4, 0.5) is 11.4 Å². The molecule has 0 aliphatic rings. The van der Waals surface area contributed by atoms with E-state index < -0.39 is 0 Å². The van der Waals surface area contributed by atoms with Gasteiger partial charge < -0.3 is 10.6 Å². The van der Waals surface area contributed by atoms with Gasteiger partial charge in [-0.05, 0) is 49.2 Å². The summed E-state index contributed by atoms with van der Waals surface area (Å²) in [7, 11) is 0. The summed E-state index contributed by atoms with van der Waals surface area (Å²) in [4.78, 5) is 12.4. The van der Waals surface area contributed by atoms with Crippen LogP contribution in [-0.2, 0) is 11.3 Å². The number of rotatable bonds is 9. The third-order valence-corrected chi connectivity index (χ3v) is 6.21. The predicted molar refractivity (Wildman–Crippen MR) is 135 cm³/mol. The molecule has 0 saturated heterocycles. The number of aryl methyl sites for hydroxylation is 2. The van der Waals surface area contributed by atoms with Crippen LogP contribution in [0.2, 0.25) is 0 Å². The van der Waals surface area contributed by atoms with Gasteiger partial charge in [-0.3, -0.25) is 9.36 Å². The Bertz CT molecular complexity index is 1220. The lowest BCUT2D eigenvalue weighted by Crippen LogP contribution is -2.13. The van der Waals surface area contributed by atoms with E-state index in [0.29, 0.717) is 18.7 Å². The summed E-state index contributed by atoms with van der Waals surface area (Å²) in [6.45, 7) is 4.60. The van der Waals surface area contributed by atoms with Gasteiger partial charge in [-0.1, -0.05) is 66.4 Å². The van der Waals surface area contributed by atoms with Crippen molar-refractivity contribution in [3.63, 3.8) is 0 Å². The molecule has 1 heterocycles. The van der Waals surface area contributed by atoms with E-state index in [4.69, 9.17) is 0 Å². The van der Waals surface area contributed by atoms with Crippen LogP contribution in [-0.4, -0.2) is 26.4 Å². The van der Waals surface area contributed by atoms with Crippen molar-refractivity contribution in [1.82, 2.24) is 14.8 Å². The van der Waals surface area contributed by atoms with Gasteiger partial charge in [-0.15, -0.1) is 10.2 Å². The Morgan fingerprint density at radius 3 is 2.18 bits per heavy atom. The number of aromatic nitrogens is 3. The molecule has 0 saturated carbocycles. The minimum Gasteiger partial charge on any atom is -0.378 e. The Morgan fingerprint density at radius 1 is 0.848 bits per heavy atom. The van der Waals surface area contributed by atoms with Gasteiger partial charge in [-0.2, -0.15) is 0 Å². The first-order valence-corrected chi connectivity index (χ1v) is 11.9.